The van der Waals surface area contributed by atoms with Gasteiger partial charge in [-0.3, -0.25) is 4.79 Å². The number of ether oxygens (including phenoxy) is 2. The molecule has 150 valence electrons. The first kappa shape index (κ1) is 19.2. The molecule has 1 N–H and O–H groups in total. The number of fused-ring (bicyclic) bond motifs is 1. The number of rotatable bonds is 6. The Labute approximate surface area is 170 Å². The van der Waals surface area contributed by atoms with Gasteiger partial charge in [0.2, 0.25) is 12.7 Å². The van der Waals surface area contributed by atoms with Gasteiger partial charge >= 0.3 is 0 Å². The fraction of sp³-hybridized carbons (Fsp3) is 0.524. The molecule has 6 nitrogen and oxygen atoms in total. The summed E-state index contributed by atoms with van der Waals surface area (Å²) in [6.45, 7) is 6.85. The lowest BCUT2D eigenvalue weighted by Crippen LogP contribution is -2.30. The number of amides is 1. The Kier molecular flexibility index (Phi) is 5.53. The quantitative estimate of drug-likeness (QED) is 0.737. The van der Waals surface area contributed by atoms with Crippen LogP contribution in [0, 0.1) is 13.8 Å². The lowest BCUT2D eigenvalue weighted by molar-refractivity contribution is -0.120. The molecule has 2 aliphatic rings. The molecule has 2 aromatic rings. The largest absolute Gasteiger partial charge is 0.454 e. The highest BCUT2D eigenvalue weighted by Gasteiger charge is 2.25. The van der Waals surface area contributed by atoms with E-state index in [1.165, 1.54) is 31.4 Å². The van der Waals surface area contributed by atoms with Crippen LogP contribution in [-0.2, 0) is 11.3 Å². The first-order valence-corrected chi connectivity index (χ1v) is 10.8. The Morgan fingerprint density at radius 1 is 1.29 bits per heavy atom. The molecule has 28 heavy (non-hydrogen) atoms. The number of aromatic nitrogens is 2. The molecule has 7 heteroatoms. The van der Waals surface area contributed by atoms with Crippen LogP contribution >= 0.6 is 11.8 Å². The van der Waals surface area contributed by atoms with Gasteiger partial charge in [-0.25, -0.2) is 4.98 Å². The summed E-state index contributed by atoms with van der Waals surface area (Å²) in [5.74, 6) is 1.50. The third kappa shape index (κ3) is 3.85. The van der Waals surface area contributed by atoms with Crippen molar-refractivity contribution in [1.29, 1.82) is 0 Å². The van der Waals surface area contributed by atoms with Crippen LogP contribution in [0.3, 0.4) is 0 Å². The summed E-state index contributed by atoms with van der Waals surface area (Å²) >= 11 is 1.55. The van der Waals surface area contributed by atoms with Gasteiger partial charge in [0, 0.05) is 18.3 Å². The van der Waals surface area contributed by atoms with Crippen molar-refractivity contribution in [2.45, 2.75) is 69.4 Å². The molecule has 0 saturated heterocycles. The zero-order valence-corrected chi connectivity index (χ0v) is 17.5. The first-order valence-electron chi connectivity index (χ1n) is 9.91. The van der Waals surface area contributed by atoms with Crippen LogP contribution in [0.5, 0.6) is 11.5 Å². The minimum Gasteiger partial charge on any atom is -0.454 e. The van der Waals surface area contributed by atoms with Crippen molar-refractivity contribution in [3.8, 4) is 11.5 Å². The molecule has 1 aromatic heterocycles. The fourth-order valence-corrected chi connectivity index (χ4v) is 4.96. The second-order valence-electron chi connectivity index (χ2n) is 7.54. The zero-order chi connectivity index (χ0) is 19.7. The predicted octanol–water partition coefficient (Wildman–Crippen LogP) is 4.14. The summed E-state index contributed by atoms with van der Waals surface area (Å²) in [7, 11) is 0. The van der Waals surface area contributed by atoms with E-state index in [4.69, 9.17) is 14.5 Å². The molecule has 1 saturated carbocycles. The van der Waals surface area contributed by atoms with E-state index in [-0.39, 0.29) is 18.0 Å². The highest BCUT2D eigenvalue weighted by molar-refractivity contribution is 8.00. The van der Waals surface area contributed by atoms with E-state index in [1.807, 2.05) is 25.1 Å². The van der Waals surface area contributed by atoms with Gasteiger partial charge in [0.15, 0.2) is 16.7 Å². The summed E-state index contributed by atoms with van der Waals surface area (Å²) in [4.78, 5) is 17.4. The Hall–Kier alpha value is -2.15. The number of benzene rings is 1. The van der Waals surface area contributed by atoms with Gasteiger partial charge in [0.1, 0.15) is 0 Å². The highest BCUT2D eigenvalue weighted by atomic mass is 32.2. The number of carbonyl (C=O) groups is 1. The topological polar surface area (TPSA) is 65.4 Å². The fourth-order valence-electron chi connectivity index (χ4n) is 3.87. The SMILES string of the molecule is Cc1nc(SC(C)C(=O)NCc2ccc3c(c2)OCO3)n(C2CCCC2)c1C. The summed E-state index contributed by atoms with van der Waals surface area (Å²) in [5, 5.41) is 3.78. The molecular weight excluding hydrogens is 374 g/mol. The van der Waals surface area contributed by atoms with Crippen LogP contribution < -0.4 is 14.8 Å². The monoisotopic (exact) mass is 401 g/mol. The molecule has 1 amide bonds. The Morgan fingerprint density at radius 3 is 2.82 bits per heavy atom. The summed E-state index contributed by atoms with van der Waals surface area (Å²) < 4.78 is 13.1. The number of hydrogen-bond donors (Lipinski definition) is 1. The average molecular weight is 402 g/mol. The van der Waals surface area contributed by atoms with Crippen molar-refractivity contribution < 1.29 is 14.3 Å². The maximum atomic E-state index is 12.7. The molecule has 0 spiro atoms. The van der Waals surface area contributed by atoms with Crippen molar-refractivity contribution in [3.63, 3.8) is 0 Å². The first-order chi connectivity index (χ1) is 13.5. The maximum absolute atomic E-state index is 12.7. The number of thioether (sulfide) groups is 1. The molecule has 1 unspecified atom stereocenters. The second-order valence-corrected chi connectivity index (χ2v) is 8.85. The van der Waals surface area contributed by atoms with Gasteiger partial charge in [-0.2, -0.15) is 0 Å². The van der Waals surface area contributed by atoms with Gasteiger partial charge in [0.25, 0.3) is 0 Å². The molecule has 1 aromatic carbocycles. The number of nitrogens with zero attached hydrogens (tertiary/aromatic N) is 2. The van der Waals surface area contributed by atoms with Gasteiger partial charge in [-0.15, -0.1) is 0 Å². The minimum atomic E-state index is -0.213. The lowest BCUT2D eigenvalue weighted by atomic mass is 10.2. The van der Waals surface area contributed by atoms with Crippen LogP contribution in [0.2, 0.25) is 0 Å². The Bertz CT molecular complexity index is 874. The molecule has 4 rings (SSSR count). The van der Waals surface area contributed by atoms with E-state index >= 15 is 0 Å². The number of hydrogen-bond acceptors (Lipinski definition) is 5. The zero-order valence-electron chi connectivity index (χ0n) is 16.7. The molecule has 1 atom stereocenters. The maximum Gasteiger partial charge on any atom is 0.233 e. The van der Waals surface area contributed by atoms with E-state index in [9.17, 15) is 4.79 Å². The van der Waals surface area contributed by atoms with Crippen molar-refractivity contribution >= 4 is 17.7 Å². The predicted molar refractivity (Wildman–Crippen MR) is 109 cm³/mol. The number of carbonyl (C=O) groups excluding carboxylic acids is 1. The van der Waals surface area contributed by atoms with Crippen LogP contribution in [0.1, 0.15) is 55.6 Å². The summed E-state index contributed by atoms with van der Waals surface area (Å²) in [5.41, 5.74) is 3.28. The van der Waals surface area contributed by atoms with Crippen LogP contribution in [0.4, 0.5) is 0 Å². The number of nitrogens with one attached hydrogen (secondary N) is 1. The third-order valence-electron chi connectivity index (χ3n) is 5.60. The average Bonchev–Trinajstić information content (AvgIpc) is 3.41. The van der Waals surface area contributed by atoms with Crippen molar-refractivity contribution in [2.24, 2.45) is 0 Å². The van der Waals surface area contributed by atoms with E-state index in [0.29, 0.717) is 12.6 Å². The molecule has 2 heterocycles. The van der Waals surface area contributed by atoms with E-state index in [2.05, 4.69) is 23.7 Å². The molecule has 0 radical (unpaired) electrons. The summed E-state index contributed by atoms with van der Waals surface area (Å²) in [6, 6.07) is 6.27. The standard InChI is InChI=1S/C21H27N3O3S/c1-13-14(2)24(17-6-4-5-7-17)21(23-13)28-15(3)20(25)22-11-16-8-9-18-19(10-16)27-12-26-18/h8-10,15,17H,4-7,11-12H2,1-3H3,(H,22,25). The molecule has 1 aliphatic carbocycles. The number of aryl methyl sites for hydroxylation is 1. The number of imidazole rings is 1. The molecule has 1 aliphatic heterocycles. The van der Waals surface area contributed by atoms with Gasteiger partial charge in [-0.1, -0.05) is 30.7 Å². The van der Waals surface area contributed by atoms with Crippen LogP contribution in [0.15, 0.2) is 23.4 Å². The summed E-state index contributed by atoms with van der Waals surface area (Å²) in [6.07, 6.45) is 4.96. The Morgan fingerprint density at radius 2 is 2.04 bits per heavy atom. The van der Waals surface area contributed by atoms with Crippen LogP contribution in [0.25, 0.3) is 0 Å². The van der Waals surface area contributed by atoms with Gasteiger partial charge < -0.3 is 19.4 Å². The van der Waals surface area contributed by atoms with Gasteiger partial charge in [-0.05, 0) is 51.3 Å². The van der Waals surface area contributed by atoms with Crippen molar-refractivity contribution in [1.82, 2.24) is 14.9 Å². The smallest absolute Gasteiger partial charge is 0.233 e. The third-order valence-corrected chi connectivity index (χ3v) is 6.67. The van der Waals surface area contributed by atoms with E-state index in [1.54, 1.807) is 11.8 Å². The molecule has 0 bridgehead atoms. The van der Waals surface area contributed by atoms with Crippen LogP contribution in [-0.4, -0.2) is 27.5 Å². The second kappa shape index (κ2) is 8.07. The van der Waals surface area contributed by atoms with Crippen molar-refractivity contribution in [2.75, 3.05) is 6.79 Å². The van der Waals surface area contributed by atoms with Crippen molar-refractivity contribution in [3.05, 3.63) is 35.2 Å². The Balaban J connectivity index is 1.39. The van der Waals surface area contributed by atoms with E-state index in [0.717, 1.165) is 27.9 Å². The lowest BCUT2D eigenvalue weighted by Gasteiger charge is -2.18. The highest BCUT2D eigenvalue weighted by Crippen LogP contribution is 2.36. The molecular formula is C21H27N3O3S. The molecule has 1 fully saturated rings. The van der Waals surface area contributed by atoms with E-state index < -0.39 is 0 Å². The minimum absolute atomic E-state index is 0.0129. The normalized spacial score (nSPS) is 17.1. The van der Waals surface area contributed by atoms with Gasteiger partial charge in [0.05, 0.1) is 10.9 Å².